The minimum Gasteiger partial charge on any atom is -0.492 e. The van der Waals surface area contributed by atoms with Gasteiger partial charge < -0.3 is 135 Å². The number of hydrogen-bond donors (Lipinski definition) is 13. The van der Waals surface area contributed by atoms with Gasteiger partial charge in [0.1, 0.15) is 49.0 Å². The van der Waals surface area contributed by atoms with Crippen molar-refractivity contribution >= 4 is 126 Å². The number of urea groups is 2. The number of thioether (sulfide) groups is 1. The molecular weight excluding hydrogens is 1970 g/mol. The minimum absolute atomic E-state index is 0.00393. The number of rotatable bonds is 45. The van der Waals surface area contributed by atoms with Crippen LogP contribution in [0.2, 0.25) is 0 Å². The van der Waals surface area contributed by atoms with Gasteiger partial charge in [-0.1, -0.05) is 128 Å². The highest BCUT2D eigenvalue weighted by Gasteiger charge is 2.53. The monoisotopic (exact) mass is 2100 g/mol. The van der Waals surface area contributed by atoms with Crippen LogP contribution in [-0.4, -0.2) is 282 Å². The van der Waals surface area contributed by atoms with E-state index in [9.17, 15) is 73.5 Å². The molecule has 0 aromatic heterocycles. The summed E-state index contributed by atoms with van der Waals surface area (Å²) in [5.41, 5.74) is 14.3. The predicted molar refractivity (Wildman–Crippen MR) is 522 cm³/mol. The molecule has 42 heteroatoms. The number of ketones is 3. The number of nitrogens with zero attached hydrogens (tertiary/aromatic N) is 1. The summed E-state index contributed by atoms with van der Waals surface area (Å²) in [5.74, 6) is 7.22. The van der Waals surface area contributed by atoms with E-state index in [1.54, 1.807) is 114 Å². The highest BCUT2D eigenvalue weighted by Crippen LogP contribution is 2.50. The maximum Gasteiger partial charge on any atom is 0.407 e. The molecular formula is C96H132IN9O29S3. The number of aliphatic hydroxyl groups excluding tert-OH is 4. The number of allylic oxidation sites excluding steroid dienone is 2. The second kappa shape index (κ2) is 53.5. The first-order valence-corrected chi connectivity index (χ1v) is 50.1. The molecule has 0 saturated carbocycles. The van der Waals surface area contributed by atoms with Crippen molar-refractivity contribution in [3.63, 3.8) is 0 Å². The Bertz CT molecular complexity index is 4940. The van der Waals surface area contributed by atoms with Crippen LogP contribution in [0, 0.1) is 51.9 Å². The summed E-state index contributed by atoms with van der Waals surface area (Å²) in [4.78, 5) is 143. The maximum atomic E-state index is 14.7. The van der Waals surface area contributed by atoms with Crippen LogP contribution in [0.25, 0.3) is 0 Å². The first-order chi connectivity index (χ1) is 65.6. The fourth-order valence-electron chi connectivity index (χ4n) is 16.7. The number of Topliss-reactive ketones (excluding diaryl/α,β-unsaturated/α-hetero) is 3. The number of nitrogens with two attached hydrogens (primary N) is 2. The first kappa shape index (κ1) is 113. The summed E-state index contributed by atoms with van der Waals surface area (Å²) in [5, 5.41) is 71.9. The zero-order valence-corrected chi connectivity index (χ0v) is 85.1. The molecule has 138 heavy (non-hydrogen) atoms. The Kier molecular flexibility index (Phi) is 43.8. The van der Waals surface area contributed by atoms with E-state index in [0.717, 1.165) is 11.8 Å². The van der Waals surface area contributed by atoms with E-state index in [1.165, 1.54) is 70.3 Å². The number of primary amides is 1. The van der Waals surface area contributed by atoms with Gasteiger partial charge in [-0.3, -0.25) is 33.6 Å². The second-order valence-corrected chi connectivity index (χ2v) is 41.0. The average molecular weight is 2100 g/mol. The molecule has 6 aliphatic rings. The number of esters is 1. The van der Waals surface area contributed by atoms with Crippen molar-refractivity contribution < 1.29 is 140 Å². The van der Waals surface area contributed by atoms with Crippen LogP contribution < -0.4 is 57.7 Å². The largest absolute Gasteiger partial charge is 0.492 e. The molecule has 0 radical (unpaired) electrons. The number of fused-ring (bicyclic) bond motifs is 2. The van der Waals surface area contributed by atoms with Crippen LogP contribution in [0.5, 0.6) is 17.2 Å². The van der Waals surface area contributed by atoms with Crippen molar-refractivity contribution in [1.29, 1.82) is 0 Å². The van der Waals surface area contributed by atoms with E-state index >= 15 is 0 Å². The van der Waals surface area contributed by atoms with Crippen LogP contribution in [0.4, 0.5) is 25.8 Å². The van der Waals surface area contributed by atoms with Gasteiger partial charge in [-0.2, -0.15) is 5.48 Å². The highest BCUT2D eigenvalue weighted by molar-refractivity contribution is 14.1. The maximum absolute atomic E-state index is 14.7. The van der Waals surface area contributed by atoms with E-state index in [4.69, 9.17) is 77.9 Å². The lowest BCUT2D eigenvalue weighted by Crippen LogP contribution is -2.65. The number of anilines is 2. The number of ether oxygens (including phenoxy) is 13. The average Bonchev–Trinajstić information content (AvgIpc) is 0.750. The highest BCUT2D eigenvalue weighted by atomic mass is 127. The molecule has 4 fully saturated rings. The molecule has 3 aromatic rings. The Hall–Kier alpha value is -8.56. The fourth-order valence-corrected chi connectivity index (χ4v) is 20.6. The lowest BCUT2D eigenvalue weighted by molar-refractivity contribution is -0.337. The summed E-state index contributed by atoms with van der Waals surface area (Å²) in [6.07, 6.45) is -14.4. The Morgan fingerprint density at radius 3 is 2.06 bits per heavy atom. The number of aliphatic hydroxyl groups is 5. The zero-order valence-electron chi connectivity index (χ0n) is 80.5. The molecule has 760 valence electrons. The van der Waals surface area contributed by atoms with Crippen LogP contribution >= 0.6 is 55.9 Å². The Balaban J connectivity index is 0.862. The number of hydrogen-bond acceptors (Lipinski definition) is 34. The van der Waals surface area contributed by atoms with Crippen molar-refractivity contribution in [2.75, 3.05) is 78.2 Å². The number of unbranched alkanes of at least 4 members (excludes halogenated alkanes) is 1. The van der Waals surface area contributed by atoms with E-state index < -0.39 is 193 Å². The van der Waals surface area contributed by atoms with Crippen molar-refractivity contribution in [3.8, 4) is 40.9 Å². The zero-order chi connectivity index (χ0) is 101. The fraction of sp³-hybridized carbons (Fsp3) is 0.604. The van der Waals surface area contributed by atoms with Gasteiger partial charge in [-0.05, 0) is 155 Å². The standard InChI is InChI=1S/C96H132IN9O29S3/c1-17-106(93(119)103-61-32-28-56(29-33-61)47-101-94(120)128-48-57-30-34-60(35-31-57)102-87(115)59(26-24-39-100-92(99)118)42-65(108)76(50(2)3)104-88(116)58(41-51(4)107)25-21-23-38-98)64-49-127-71(45-69(64)122-12)133-84-79(113)77(53(6)130-91(84)132-68-27-20-18-19-22-37-96(121)46-67(110)62(43-70(111)123-13)74(68)63(96)36-40-136-138-95(9,10)11)105-135-72-44-66(109)86(55(8)129-72)137-89(117)73-52(5)75(97)82(85(126-16)81(73)124-14)134-90-80(114)83(125-15)78(112)54(7)131-90/h18-19,28-36,50,53-55,58-59,64,66,68-69,71-72,76-80,83-84,86,90-91,105,109,112-114,121H,17,21,23-26,38-49,98H2,1-16H3,(H,101,120)(H,102,115)(H,103,119)(H,104,116)(H3,99,100,118)/b19-18-,63-36+/t53-,54+,55-,58+,59+,64+,66+,68+,69+,71+,72+,76-,77-,78+,79+,80-,83-,84-,86-,90+,91+,96+/m1/s1. The van der Waals surface area contributed by atoms with Crippen LogP contribution in [0.15, 0.2) is 83.5 Å². The normalized spacial score (nSPS) is 27.0. The summed E-state index contributed by atoms with van der Waals surface area (Å²) < 4.78 is 79.5. The SMILES string of the molecule is CCN(C(=O)Nc1ccc(CNC(=O)OCc2ccc(NC(=O)[C@@H](CCCNC(N)=O)CC(=O)[C@H](NC(=O)[C@@H](CCCCN)CC(C)=O)C(C)C)cc2)cc1)[C@H]1CO[C@@H](O[C@H]2[C@H](O[C@H]3C#C/C=C\C#C[C@]4(O)CC(=O)C(CC(=O)OC)=C3/C4=C\CSSC(C)(C)C)O[C@H](C)[C@@H](NO[C@H]3C[C@H](O)[C@H](SC(=O)c4c(C)c(I)c(O[C@@H]5O[C@@H](C)[C@H](O)[C@@H](OC)[C@H]5O)c(OC)c4OC)[C@@H](C)O3)[C@@H]2O)C[C@@H]1OC. The van der Waals surface area contributed by atoms with Gasteiger partial charge >= 0.3 is 24.1 Å². The van der Waals surface area contributed by atoms with Gasteiger partial charge in [0, 0.05) is 110 Å². The van der Waals surface area contributed by atoms with Gasteiger partial charge in [0.25, 0.3) is 0 Å². The Labute approximate surface area is 830 Å². The Morgan fingerprint density at radius 1 is 0.761 bits per heavy atom. The smallest absolute Gasteiger partial charge is 0.407 e. The lowest BCUT2D eigenvalue weighted by Gasteiger charge is -2.47. The van der Waals surface area contributed by atoms with Gasteiger partial charge in [-0.15, -0.1) is 0 Å². The lowest BCUT2D eigenvalue weighted by atomic mass is 9.72. The number of halogens is 1. The molecule has 0 spiro atoms. The van der Waals surface area contributed by atoms with Gasteiger partial charge in [0.2, 0.25) is 29.0 Å². The molecule has 4 saturated heterocycles. The number of methoxy groups -OCH3 is 5. The van der Waals surface area contributed by atoms with E-state index in [0.29, 0.717) is 63.9 Å². The van der Waals surface area contributed by atoms with E-state index in [2.05, 4.69) is 55.7 Å². The predicted octanol–water partition coefficient (Wildman–Crippen LogP) is 8.17. The molecule has 38 nitrogen and oxygen atoms in total. The number of benzene rings is 3. The minimum atomic E-state index is -2.13. The van der Waals surface area contributed by atoms with Gasteiger partial charge in [0.15, 0.2) is 47.5 Å². The number of likely N-dealkylation sites (N-methyl/N-ethyl adjacent to an activating group) is 1. The van der Waals surface area contributed by atoms with Crippen LogP contribution in [0.3, 0.4) is 0 Å². The summed E-state index contributed by atoms with van der Waals surface area (Å²) >= 11 is 2.77. The van der Waals surface area contributed by atoms with Crippen molar-refractivity contribution in [2.24, 2.45) is 29.2 Å². The topological polar surface area (TPSA) is 529 Å². The molecule has 15 N–H and O–H groups in total. The Morgan fingerprint density at radius 2 is 1.43 bits per heavy atom. The van der Waals surface area contributed by atoms with Gasteiger partial charge in [0.05, 0.1) is 104 Å². The van der Waals surface area contributed by atoms with Crippen molar-refractivity contribution in [3.05, 3.63) is 109 Å². The molecule has 3 aromatic carbocycles. The number of amides is 7. The molecule has 2 bridgehead atoms. The third kappa shape index (κ3) is 31.0. The number of nitrogens with one attached hydrogen (secondary N) is 6. The van der Waals surface area contributed by atoms with Crippen LogP contribution in [-0.2, 0) is 94.1 Å². The number of carbonyl (C=O) groups excluding carboxylic acids is 10. The first-order valence-electron chi connectivity index (χ1n) is 45.8. The summed E-state index contributed by atoms with van der Waals surface area (Å²) in [7, 11) is 9.70. The third-order valence-electron chi connectivity index (χ3n) is 24.0. The molecule has 2 aliphatic carbocycles. The second-order valence-electron chi connectivity index (χ2n) is 35.6. The number of carbonyl (C=O) groups is 10. The number of alkyl carbamates (subject to hydrolysis) is 1. The summed E-state index contributed by atoms with van der Waals surface area (Å²) in [6.45, 7) is 19.8. The molecule has 9 rings (SSSR count). The molecule has 0 unspecified atom stereocenters. The summed E-state index contributed by atoms with van der Waals surface area (Å²) in [6, 6.07) is 9.02. The van der Waals surface area contributed by atoms with E-state index in [1.807, 2.05) is 43.4 Å². The van der Waals surface area contributed by atoms with Crippen molar-refractivity contribution in [2.45, 2.75) is 286 Å². The van der Waals surface area contributed by atoms with Crippen LogP contribution in [0.1, 0.15) is 167 Å². The quantitative estimate of drug-likeness (QED) is 0.00633. The van der Waals surface area contributed by atoms with Gasteiger partial charge in [-0.25, -0.2) is 14.4 Å². The van der Waals surface area contributed by atoms with Crippen molar-refractivity contribution in [1.82, 2.24) is 26.3 Å². The molecule has 7 amide bonds. The molecule has 4 heterocycles. The van der Waals surface area contributed by atoms with E-state index in [-0.39, 0.29) is 132 Å². The number of hydroxylamine groups is 1. The molecule has 4 aliphatic heterocycles. The molecule has 22 atom stereocenters. The third-order valence-corrected chi connectivity index (χ3v) is 29.9.